The number of rotatable bonds is 5. The number of nitrogens with one attached hydrogen (secondary N) is 2. The third-order valence-electron chi connectivity index (χ3n) is 2.45. The van der Waals surface area contributed by atoms with Crippen LogP contribution in [-0.4, -0.2) is 32.6 Å². The van der Waals surface area contributed by atoms with Crippen LogP contribution in [0.1, 0.15) is 12.0 Å². The predicted octanol–water partition coefficient (Wildman–Crippen LogP) is 2.19. The lowest BCUT2D eigenvalue weighted by atomic mass is 10.2. The number of benzene rings is 1. The number of halogens is 2. The Kier molecular flexibility index (Phi) is 10.2. The summed E-state index contributed by atoms with van der Waals surface area (Å²) in [6.45, 7) is 1.11. The molecule has 1 rings (SSSR count). The maximum absolute atomic E-state index is 11.0. The Bertz CT molecular complexity index is 438. The highest BCUT2D eigenvalue weighted by molar-refractivity contribution is 14.0. The van der Waals surface area contributed by atoms with Crippen LogP contribution in [0.5, 0.6) is 0 Å². The van der Waals surface area contributed by atoms with Gasteiger partial charge >= 0.3 is 5.97 Å². The highest BCUT2D eigenvalue weighted by Gasteiger charge is 2.02. The Balaban J connectivity index is 0.00000361. The third-order valence-corrected chi connectivity index (χ3v) is 2.70. The molecule has 0 aliphatic heterocycles. The number of hydrogen-bond donors (Lipinski definition) is 2. The second-order valence-electron chi connectivity index (χ2n) is 3.81. The summed E-state index contributed by atoms with van der Waals surface area (Å²) in [6, 6.07) is 7.56. The van der Waals surface area contributed by atoms with Gasteiger partial charge in [-0.05, 0) is 17.7 Å². The Hall–Kier alpha value is -1.02. The van der Waals surface area contributed by atoms with E-state index in [1.54, 1.807) is 7.05 Å². The summed E-state index contributed by atoms with van der Waals surface area (Å²) in [5, 5.41) is 6.88. The standard InChI is InChI=1S/C13H18ClN3O2.HI/c1-15-13(16-8-7-12(18)19-2)17-9-10-3-5-11(14)6-4-10;/h3-6H,7-9H2,1-2H3,(H2,15,16,17);1H. The summed E-state index contributed by atoms with van der Waals surface area (Å²) < 4.78 is 4.55. The molecule has 0 radical (unpaired) electrons. The van der Waals surface area contributed by atoms with Gasteiger partial charge in [-0.3, -0.25) is 9.79 Å². The van der Waals surface area contributed by atoms with Crippen molar-refractivity contribution >= 4 is 47.5 Å². The van der Waals surface area contributed by atoms with E-state index in [0.29, 0.717) is 30.5 Å². The number of esters is 1. The molecule has 5 nitrogen and oxygen atoms in total. The van der Waals surface area contributed by atoms with Gasteiger partial charge < -0.3 is 15.4 Å². The lowest BCUT2D eigenvalue weighted by Gasteiger charge is -2.11. The van der Waals surface area contributed by atoms with Crippen LogP contribution >= 0.6 is 35.6 Å². The van der Waals surface area contributed by atoms with Gasteiger partial charge in [-0.1, -0.05) is 23.7 Å². The maximum Gasteiger partial charge on any atom is 0.307 e. The number of aliphatic imine (C=N–C) groups is 1. The first-order chi connectivity index (χ1) is 9.15. The zero-order valence-electron chi connectivity index (χ0n) is 11.5. The van der Waals surface area contributed by atoms with Gasteiger partial charge in [0, 0.05) is 25.2 Å². The number of methoxy groups -OCH3 is 1. The first kappa shape index (κ1) is 19.0. The molecule has 0 amide bonds. The molecule has 0 heterocycles. The molecule has 0 atom stereocenters. The third kappa shape index (κ3) is 7.54. The van der Waals surface area contributed by atoms with Gasteiger partial charge in [0.1, 0.15) is 0 Å². The molecule has 0 bridgehead atoms. The monoisotopic (exact) mass is 411 g/mol. The fourth-order valence-electron chi connectivity index (χ4n) is 1.39. The minimum absolute atomic E-state index is 0. The molecular weight excluding hydrogens is 393 g/mol. The molecule has 1 aromatic rings. The maximum atomic E-state index is 11.0. The smallest absolute Gasteiger partial charge is 0.307 e. The second-order valence-corrected chi connectivity index (χ2v) is 4.24. The molecule has 7 heteroatoms. The molecule has 1 aromatic carbocycles. The van der Waals surface area contributed by atoms with Crippen LogP contribution in [0.3, 0.4) is 0 Å². The van der Waals surface area contributed by atoms with Gasteiger partial charge in [-0.15, -0.1) is 24.0 Å². The minimum Gasteiger partial charge on any atom is -0.469 e. The van der Waals surface area contributed by atoms with Gasteiger partial charge in [0.25, 0.3) is 0 Å². The number of ether oxygens (including phenoxy) is 1. The molecule has 0 saturated carbocycles. The molecule has 0 aromatic heterocycles. The van der Waals surface area contributed by atoms with Crippen LogP contribution < -0.4 is 10.6 Å². The average molecular weight is 412 g/mol. The SMILES string of the molecule is CN=C(NCCC(=O)OC)NCc1ccc(Cl)cc1.I. The summed E-state index contributed by atoms with van der Waals surface area (Å²) in [5.74, 6) is 0.388. The highest BCUT2D eigenvalue weighted by atomic mass is 127. The van der Waals surface area contributed by atoms with Crippen molar-refractivity contribution < 1.29 is 9.53 Å². The van der Waals surface area contributed by atoms with E-state index in [1.165, 1.54) is 7.11 Å². The molecule has 2 N–H and O–H groups in total. The van der Waals surface area contributed by atoms with E-state index >= 15 is 0 Å². The van der Waals surface area contributed by atoms with Crippen molar-refractivity contribution in [3.63, 3.8) is 0 Å². The number of guanidine groups is 1. The molecule has 112 valence electrons. The van der Waals surface area contributed by atoms with Crippen molar-refractivity contribution in [1.82, 2.24) is 10.6 Å². The molecule has 0 spiro atoms. The fraction of sp³-hybridized carbons (Fsp3) is 0.385. The Morgan fingerprint density at radius 1 is 1.30 bits per heavy atom. The first-order valence-electron chi connectivity index (χ1n) is 5.91. The lowest BCUT2D eigenvalue weighted by Crippen LogP contribution is -2.37. The van der Waals surface area contributed by atoms with Crippen molar-refractivity contribution in [1.29, 1.82) is 0 Å². The van der Waals surface area contributed by atoms with E-state index in [9.17, 15) is 4.79 Å². The second kappa shape index (κ2) is 10.7. The zero-order valence-corrected chi connectivity index (χ0v) is 14.6. The Morgan fingerprint density at radius 3 is 2.50 bits per heavy atom. The molecule has 0 aliphatic rings. The van der Waals surface area contributed by atoms with Crippen LogP contribution in [0.25, 0.3) is 0 Å². The first-order valence-corrected chi connectivity index (χ1v) is 6.29. The van der Waals surface area contributed by atoms with Crippen molar-refractivity contribution in [2.45, 2.75) is 13.0 Å². The number of carbonyl (C=O) groups excluding carboxylic acids is 1. The van der Waals surface area contributed by atoms with Crippen molar-refractivity contribution in [2.75, 3.05) is 20.7 Å². The number of hydrogen-bond acceptors (Lipinski definition) is 3. The van der Waals surface area contributed by atoms with Gasteiger partial charge in [0.2, 0.25) is 0 Å². The summed E-state index contributed by atoms with van der Waals surface area (Å²) in [7, 11) is 3.05. The molecule has 0 aliphatic carbocycles. The summed E-state index contributed by atoms with van der Waals surface area (Å²) in [5.41, 5.74) is 1.10. The molecule has 0 saturated heterocycles. The van der Waals surface area contributed by atoms with Crippen LogP contribution in [0.15, 0.2) is 29.3 Å². The Morgan fingerprint density at radius 2 is 1.95 bits per heavy atom. The van der Waals surface area contributed by atoms with Crippen LogP contribution in [0.2, 0.25) is 5.02 Å². The van der Waals surface area contributed by atoms with Crippen molar-refractivity contribution in [3.05, 3.63) is 34.9 Å². The van der Waals surface area contributed by atoms with Gasteiger partial charge in [-0.25, -0.2) is 0 Å². The average Bonchev–Trinajstić information content (AvgIpc) is 2.44. The quantitative estimate of drug-likeness (QED) is 0.337. The van der Waals surface area contributed by atoms with E-state index in [4.69, 9.17) is 11.6 Å². The van der Waals surface area contributed by atoms with E-state index in [1.807, 2.05) is 24.3 Å². The number of nitrogens with zero attached hydrogens (tertiary/aromatic N) is 1. The summed E-state index contributed by atoms with van der Waals surface area (Å²) in [6.07, 6.45) is 0.304. The molecule has 0 unspecified atom stereocenters. The fourth-order valence-corrected chi connectivity index (χ4v) is 1.52. The normalized spacial score (nSPS) is 10.4. The van der Waals surface area contributed by atoms with E-state index < -0.39 is 0 Å². The van der Waals surface area contributed by atoms with Crippen molar-refractivity contribution in [2.24, 2.45) is 4.99 Å². The summed E-state index contributed by atoms with van der Waals surface area (Å²) >= 11 is 5.81. The minimum atomic E-state index is -0.249. The van der Waals surface area contributed by atoms with Gasteiger partial charge in [-0.2, -0.15) is 0 Å². The lowest BCUT2D eigenvalue weighted by molar-refractivity contribution is -0.140. The Labute approximate surface area is 141 Å². The van der Waals surface area contributed by atoms with Gasteiger partial charge in [0.15, 0.2) is 5.96 Å². The van der Waals surface area contributed by atoms with E-state index in [2.05, 4.69) is 20.4 Å². The van der Waals surface area contributed by atoms with Gasteiger partial charge in [0.05, 0.1) is 13.5 Å². The van der Waals surface area contributed by atoms with Crippen LogP contribution in [0, 0.1) is 0 Å². The van der Waals surface area contributed by atoms with Crippen molar-refractivity contribution in [3.8, 4) is 0 Å². The zero-order chi connectivity index (χ0) is 14.1. The van der Waals surface area contributed by atoms with Crippen LogP contribution in [-0.2, 0) is 16.1 Å². The summed E-state index contributed by atoms with van der Waals surface area (Å²) in [4.78, 5) is 15.0. The molecule has 0 fully saturated rings. The topological polar surface area (TPSA) is 62.7 Å². The highest BCUT2D eigenvalue weighted by Crippen LogP contribution is 2.08. The molecular formula is C13H19ClIN3O2. The van der Waals surface area contributed by atoms with E-state index in [0.717, 1.165) is 5.56 Å². The number of carbonyl (C=O) groups is 1. The molecule has 20 heavy (non-hydrogen) atoms. The van der Waals surface area contributed by atoms with Crippen LogP contribution in [0.4, 0.5) is 0 Å². The van der Waals surface area contributed by atoms with E-state index in [-0.39, 0.29) is 29.9 Å². The predicted molar refractivity (Wildman–Crippen MR) is 91.7 cm³/mol. The largest absolute Gasteiger partial charge is 0.469 e.